The Balaban J connectivity index is 3.03. The Bertz CT molecular complexity index is 564. The van der Waals surface area contributed by atoms with Gasteiger partial charge in [0.05, 0.1) is 14.5 Å². The summed E-state index contributed by atoms with van der Waals surface area (Å²) < 4.78 is 26.4. The van der Waals surface area contributed by atoms with Crippen molar-refractivity contribution in [3.8, 4) is 0 Å². The van der Waals surface area contributed by atoms with Crippen LogP contribution in [0.3, 0.4) is 0 Å². The first-order valence-electron chi connectivity index (χ1n) is 3.75. The number of H-pyrrole nitrogens is 1. The molecule has 0 aliphatic rings. The van der Waals surface area contributed by atoms with Crippen molar-refractivity contribution < 1.29 is 8.78 Å². The van der Waals surface area contributed by atoms with Crippen LogP contribution < -0.4 is 5.43 Å². The Kier molecular flexibility index (Phi) is 2.26. The van der Waals surface area contributed by atoms with Crippen LogP contribution >= 0.6 is 22.6 Å². The second-order valence-corrected chi connectivity index (χ2v) is 3.94. The standard InChI is InChI=1S/C9H4F2INO/c10-4-1-5(11)8-7(2-4)13-3-6(12)9(8)14/h1-3H,(H,13,14). The number of pyridine rings is 1. The Morgan fingerprint density at radius 3 is 2.71 bits per heavy atom. The summed E-state index contributed by atoms with van der Waals surface area (Å²) in [5, 5.41) is -0.0988. The highest BCUT2D eigenvalue weighted by Crippen LogP contribution is 2.15. The lowest BCUT2D eigenvalue weighted by molar-refractivity contribution is 0.591. The summed E-state index contributed by atoms with van der Waals surface area (Å²) in [6.07, 6.45) is 1.42. The fourth-order valence-electron chi connectivity index (χ4n) is 1.24. The lowest BCUT2D eigenvalue weighted by atomic mass is 10.2. The van der Waals surface area contributed by atoms with E-state index in [1.807, 2.05) is 0 Å². The predicted octanol–water partition coefficient (Wildman–Crippen LogP) is 2.41. The van der Waals surface area contributed by atoms with Crippen LogP contribution in [0.25, 0.3) is 10.9 Å². The van der Waals surface area contributed by atoms with E-state index in [1.165, 1.54) is 6.20 Å². The number of hydrogen-bond donors (Lipinski definition) is 1. The van der Waals surface area contributed by atoms with Crippen LogP contribution in [0.2, 0.25) is 0 Å². The van der Waals surface area contributed by atoms with E-state index in [1.54, 1.807) is 22.6 Å². The van der Waals surface area contributed by atoms with Gasteiger partial charge in [-0.15, -0.1) is 0 Å². The zero-order valence-electron chi connectivity index (χ0n) is 6.77. The van der Waals surface area contributed by atoms with Crippen LogP contribution in [0.15, 0.2) is 23.1 Å². The molecule has 0 saturated heterocycles. The Labute approximate surface area is 91.1 Å². The van der Waals surface area contributed by atoms with Gasteiger partial charge in [0.2, 0.25) is 5.43 Å². The molecule has 1 aromatic heterocycles. The lowest BCUT2D eigenvalue weighted by Gasteiger charge is -1.99. The van der Waals surface area contributed by atoms with E-state index in [0.29, 0.717) is 9.64 Å². The van der Waals surface area contributed by atoms with Gasteiger partial charge >= 0.3 is 0 Å². The van der Waals surface area contributed by atoms with Gasteiger partial charge in [0.1, 0.15) is 11.6 Å². The van der Waals surface area contributed by atoms with Crippen molar-refractivity contribution in [1.82, 2.24) is 4.98 Å². The summed E-state index contributed by atoms with van der Waals surface area (Å²) in [7, 11) is 0. The fourth-order valence-corrected chi connectivity index (χ4v) is 1.67. The van der Waals surface area contributed by atoms with Gasteiger partial charge in [-0.2, -0.15) is 0 Å². The molecule has 14 heavy (non-hydrogen) atoms. The molecule has 5 heteroatoms. The van der Waals surface area contributed by atoms with Crippen LogP contribution in [0.1, 0.15) is 0 Å². The molecule has 1 heterocycles. The molecule has 72 valence electrons. The highest BCUT2D eigenvalue weighted by atomic mass is 127. The van der Waals surface area contributed by atoms with Crippen molar-refractivity contribution >= 4 is 33.5 Å². The van der Waals surface area contributed by atoms with E-state index in [2.05, 4.69) is 4.98 Å². The van der Waals surface area contributed by atoms with E-state index < -0.39 is 17.1 Å². The number of halogens is 3. The topological polar surface area (TPSA) is 32.9 Å². The minimum absolute atomic E-state index is 0.0988. The largest absolute Gasteiger partial charge is 0.360 e. The normalized spacial score (nSPS) is 10.8. The Morgan fingerprint density at radius 2 is 2.00 bits per heavy atom. The third-order valence-electron chi connectivity index (χ3n) is 1.85. The molecule has 0 atom stereocenters. The number of nitrogens with one attached hydrogen (secondary N) is 1. The number of fused-ring (bicyclic) bond motifs is 1. The zero-order chi connectivity index (χ0) is 10.3. The van der Waals surface area contributed by atoms with Gasteiger partial charge in [-0.1, -0.05) is 0 Å². The molecule has 2 nitrogen and oxygen atoms in total. The molecule has 0 fully saturated rings. The maximum atomic E-state index is 13.2. The molecule has 0 aliphatic carbocycles. The fraction of sp³-hybridized carbons (Fsp3) is 0. The molecular weight excluding hydrogens is 303 g/mol. The average Bonchev–Trinajstić information content (AvgIpc) is 2.10. The summed E-state index contributed by atoms with van der Waals surface area (Å²) in [4.78, 5) is 14.1. The number of aromatic nitrogens is 1. The van der Waals surface area contributed by atoms with Gasteiger partial charge in [-0.3, -0.25) is 4.79 Å². The molecule has 0 bridgehead atoms. The summed E-state index contributed by atoms with van der Waals surface area (Å²) in [6.45, 7) is 0. The van der Waals surface area contributed by atoms with Gasteiger partial charge in [0.15, 0.2) is 0 Å². The second kappa shape index (κ2) is 3.30. The molecule has 0 saturated carbocycles. The third kappa shape index (κ3) is 1.41. The summed E-state index contributed by atoms with van der Waals surface area (Å²) in [5.74, 6) is -1.54. The maximum absolute atomic E-state index is 13.2. The minimum atomic E-state index is -0.834. The molecule has 1 N–H and O–H groups in total. The van der Waals surface area contributed by atoms with Crippen molar-refractivity contribution in [1.29, 1.82) is 0 Å². The first-order chi connectivity index (χ1) is 6.59. The molecule has 1 aromatic carbocycles. The SMILES string of the molecule is O=c1c(I)c[nH]c2cc(F)cc(F)c12. The smallest absolute Gasteiger partial charge is 0.205 e. The van der Waals surface area contributed by atoms with Crippen molar-refractivity contribution in [3.63, 3.8) is 0 Å². The minimum Gasteiger partial charge on any atom is -0.360 e. The van der Waals surface area contributed by atoms with Crippen LogP contribution in [-0.4, -0.2) is 4.98 Å². The molecule has 0 unspecified atom stereocenters. The third-order valence-corrected chi connectivity index (χ3v) is 2.65. The molecule has 2 rings (SSSR count). The van der Waals surface area contributed by atoms with Crippen LogP contribution in [-0.2, 0) is 0 Å². The van der Waals surface area contributed by atoms with Gasteiger partial charge in [-0.25, -0.2) is 8.78 Å². The Hall–Kier alpha value is -0.980. The number of aromatic amines is 1. The summed E-state index contributed by atoms with van der Waals surface area (Å²) in [5.41, 5.74) is -0.246. The van der Waals surface area contributed by atoms with Gasteiger partial charge in [-0.05, 0) is 28.7 Å². The molecule has 2 aromatic rings. The van der Waals surface area contributed by atoms with Crippen molar-refractivity contribution in [2.45, 2.75) is 0 Å². The summed E-state index contributed by atoms with van der Waals surface area (Å²) >= 11 is 1.79. The second-order valence-electron chi connectivity index (χ2n) is 2.78. The lowest BCUT2D eigenvalue weighted by Crippen LogP contribution is -2.08. The Morgan fingerprint density at radius 1 is 1.29 bits per heavy atom. The van der Waals surface area contributed by atoms with Crippen LogP contribution in [0.4, 0.5) is 8.78 Å². The van der Waals surface area contributed by atoms with Crippen molar-refractivity contribution in [3.05, 3.63) is 43.8 Å². The monoisotopic (exact) mass is 307 g/mol. The van der Waals surface area contributed by atoms with Crippen LogP contribution in [0, 0.1) is 15.2 Å². The first-order valence-corrected chi connectivity index (χ1v) is 4.83. The van der Waals surface area contributed by atoms with Gasteiger partial charge in [0.25, 0.3) is 0 Å². The number of benzene rings is 1. The van der Waals surface area contributed by atoms with E-state index in [9.17, 15) is 13.6 Å². The van der Waals surface area contributed by atoms with Crippen molar-refractivity contribution in [2.75, 3.05) is 0 Å². The van der Waals surface area contributed by atoms with Crippen molar-refractivity contribution in [2.24, 2.45) is 0 Å². The molecule has 0 radical (unpaired) electrons. The quantitative estimate of drug-likeness (QED) is 0.745. The van der Waals surface area contributed by atoms with E-state index in [0.717, 1.165) is 6.07 Å². The maximum Gasteiger partial charge on any atom is 0.205 e. The van der Waals surface area contributed by atoms with Gasteiger partial charge < -0.3 is 4.98 Å². The van der Waals surface area contributed by atoms with E-state index in [4.69, 9.17) is 0 Å². The highest BCUT2D eigenvalue weighted by Gasteiger charge is 2.09. The molecular formula is C9H4F2INO. The zero-order valence-corrected chi connectivity index (χ0v) is 8.93. The predicted molar refractivity (Wildman–Crippen MR) is 57.2 cm³/mol. The van der Waals surface area contributed by atoms with E-state index in [-0.39, 0.29) is 10.9 Å². The first kappa shape index (κ1) is 9.57. The van der Waals surface area contributed by atoms with E-state index >= 15 is 0 Å². The molecule has 0 spiro atoms. The molecule has 0 aliphatic heterocycles. The number of hydrogen-bond acceptors (Lipinski definition) is 1. The number of rotatable bonds is 0. The van der Waals surface area contributed by atoms with Gasteiger partial charge in [0, 0.05) is 12.3 Å². The summed E-state index contributed by atoms with van der Waals surface area (Å²) in [6, 6.07) is 1.80. The average molecular weight is 307 g/mol. The molecule has 0 amide bonds. The highest BCUT2D eigenvalue weighted by molar-refractivity contribution is 14.1. The van der Waals surface area contributed by atoms with Crippen LogP contribution in [0.5, 0.6) is 0 Å².